The van der Waals surface area contributed by atoms with Gasteiger partial charge >= 0.3 is 0 Å². The fraction of sp³-hybridized carbons (Fsp3) is 0.458. The molecule has 3 aliphatic rings. The first-order valence-corrected chi connectivity index (χ1v) is 11.3. The van der Waals surface area contributed by atoms with Gasteiger partial charge in [-0.2, -0.15) is 9.78 Å². The normalized spacial score (nSPS) is 14.8. The highest BCUT2D eigenvalue weighted by Gasteiger charge is 2.29. The fourth-order valence-corrected chi connectivity index (χ4v) is 4.15. The molecule has 3 heterocycles. The number of benzene rings is 1. The molecule has 0 atom stereocenters. The van der Waals surface area contributed by atoms with Gasteiger partial charge in [0, 0.05) is 72.5 Å². The van der Waals surface area contributed by atoms with Gasteiger partial charge in [0.2, 0.25) is 0 Å². The lowest BCUT2D eigenvalue weighted by molar-refractivity contribution is 0.0593. The minimum Gasteiger partial charge on any atom is -0.385 e. The van der Waals surface area contributed by atoms with Crippen molar-refractivity contribution in [3.8, 4) is 16.9 Å². The van der Waals surface area contributed by atoms with Gasteiger partial charge in [0.05, 0.1) is 23.4 Å². The number of aromatic nitrogens is 3. The Morgan fingerprint density at radius 2 is 1.70 bits per heavy atom. The van der Waals surface area contributed by atoms with E-state index in [9.17, 15) is 9.59 Å². The maximum absolute atomic E-state index is 13.6. The summed E-state index contributed by atoms with van der Waals surface area (Å²) < 4.78 is 13.6. The third kappa shape index (κ3) is 5.16. The molecule has 1 saturated heterocycles. The van der Waals surface area contributed by atoms with Crippen molar-refractivity contribution in [1.82, 2.24) is 24.1 Å². The zero-order valence-electron chi connectivity index (χ0n) is 19.3. The topological polar surface area (TPSA) is 81.8 Å². The van der Waals surface area contributed by atoms with Crippen LogP contribution in [-0.2, 0) is 16.0 Å². The number of carbonyl (C=O) groups excluding carboxylic acids is 1. The summed E-state index contributed by atoms with van der Waals surface area (Å²) >= 11 is 0. The summed E-state index contributed by atoms with van der Waals surface area (Å²) in [6.07, 6.45) is 4.39. The minimum absolute atomic E-state index is 0.0924. The average molecular weight is 454 g/mol. The van der Waals surface area contributed by atoms with E-state index in [1.165, 1.54) is 4.68 Å². The molecule has 0 saturated carbocycles. The smallest absolute Gasteiger partial charge is 0.282 e. The van der Waals surface area contributed by atoms with Crippen molar-refractivity contribution in [3.05, 3.63) is 58.6 Å². The van der Waals surface area contributed by atoms with Crippen molar-refractivity contribution in [1.29, 1.82) is 0 Å². The average Bonchev–Trinajstić information content (AvgIpc) is 3.19. The molecule has 1 aromatic rings. The van der Waals surface area contributed by atoms with Crippen molar-refractivity contribution in [2.24, 2.45) is 0 Å². The van der Waals surface area contributed by atoms with Crippen LogP contribution in [0, 0.1) is 0 Å². The van der Waals surface area contributed by atoms with Crippen LogP contribution in [0.25, 0.3) is 16.9 Å². The second-order valence-electron chi connectivity index (χ2n) is 8.20. The molecule has 0 N–H and O–H groups in total. The summed E-state index contributed by atoms with van der Waals surface area (Å²) in [7, 11) is 3.36. The van der Waals surface area contributed by atoms with Gasteiger partial charge in [0.1, 0.15) is 5.69 Å². The predicted octanol–water partition coefficient (Wildman–Crippen LogP) is 1.58. The maximum Gasteiger partial charge on any atom is 0.282 e. The standard InChI is InChI=1S/C24H31N5O4/c1-32-15-6-9-27-17-20(23(30)28-12-10-26(11-13-28)14-16-33-2)22-21(18-27)24(31)29(25-22)19-7-4-3-5-8-19/h3-5,7-8,17-18H,6,9-16H2,1-2H3. The molecule has 1 amide bonds. The molecule has 4 rings (SSSR count). The van der Waals surface area contributed by atoms with Crippen molar-refractivity contribution < 1.29 is 14.3 Å². The Balaban J connectivity index is 1.66. The molecule has 0 spiro atoms. The van der Waals surface area contributed by atoms with E-state index in [1.807, 2.05) is 46.0 Å². The van der Waals surface area contributed by atoms with Gasteiger partial charge in [0.15, 0.2) is 0 Å². The Bertz CT molecular complexity index is 1090. The highest BCUT2D eigenvalue weighted by molar-refractivity contribution is 6.00. The number of pyridine rings is 1. The van der Waals surface area contributed by atoms with Crippen LogP contribution in [0.2, 0.25) is 0 Å². The van der Waals surface area contributed by atoms with Gasteiger partial charge in [-0.15, -0.1) is 0 Å². The number of hydrogen-bond donors (Lipinski definition) is 0. The molecule has 176 valence electrons. The number of methoxy groups -OCH3 is 2. The second kappa shape index (κ2) is 10.7. The number of carbonyl (C=O) groups is 1. The maximum atomic E-state index is 13.6. The number of amides is 1. The van der Waals surface area contributed by atoms with Crippen LogP contribution in [0.3, 0.4) is 0 Å². The predicted molar refractivity (Wildman–Crippen MR) is 125 cm³/mol. The number of piperazine rings is 1. The lowest BCUT2D eigenvalue weighted by Gasteiger charge is -2.34. The van der Waals surface area contributed by atoms with Gasteiger partial charge in [-0.25, -0.2) is 0 Å². The Kier molecular flexibility index (Phi) is 7.54. The van der Waals surface area contributed by atoms with E-state index in [0.29, 0.717) is 55.4 Å². The summed E-state index contributed by atoms with van der Waals surface area (Å²) in [5, 5.41) is 4.58. The van der Waals surface area contributed by atoms with Crippen molar-refractivity contribution in [3.63, 3.8) is 0 Å². The highest BCUT2D eigenvalue weighted by atomic mass is 16.5. The number of fused-ring (bicyclic) bond motifs is 1. The zero-order chi connectivity index (χ0) is 23.2. The molecule has 9 heteroatoms. The van der Waals surface area contributed by atoms with Crippen LogP contribution in [0.4, 0.5) is 0 Å². The molecule has 0 radical (unpaired) electrons. The van der Waals surface area contributed by atoms with Crippen LogP contribution in [0.15, 0.2) is 47.5 Å². The van der Waals surface area contributed by atoms with E-state index < -0.39 is 0 Å². The molecule has 1 fully saturated rings. The van der Waals surface area contributed by atoms with Crippen LogP contribution < -0.4 is 5.56 Å². The van der Waals surface area contributed by atoms with Gasteiger partial charge in [0.25, 0.3) is 11.5 Å². The first kappa shape index (κ1) is 23.2. The molecule has 1 aromatic carbocycles. The van der Waals surface area contributed by atoms with Crippen LogP contribution in [0.5, 0.6) is 0 Å². The summed E-state index contributed by atoms with van der Waals surface area (Å²) in [5.74, 6) is -0.0924. The minimum atomic E-state index is -0.226. The van der Waals surface area contributed by atoms with Crippen LogP contribution in [-0.4, -0.2) is 90.2 Å². The first-order chi connectivity index (χ1) is 16.1. The summed E-state index contributed by atoms with van der Waals surface area (Å²) in [6.45, 7) is 5.63. The summed E-state index contributed by atoms with van der Waals surface area (Å²) in [5.41, 5.74) is 1.80. The number of ether oxygens (including phenoxy) is 2. The van der Waals surface area contributed by atoms with Gasteiger partial charge in [-0.05, 0) is 18.6 Å². The molecule has 3 aliphatic heterocycles. The molecule has 0 unspecified atom stereocenters. The highest BCUT2D eigenvalue weighted by Crippen LogP contribution is 2.24. The van der Waals surface area contributed by atoms with Gasteiger partial charge in [-0.3, -0.25) is 14.5 Å². The van der Waals surface area contributed by atoms with Crippen molar-refractivity contribution >= 4 is 5.91 Å². The lowest BCUT2D eigenvalue weighted by atomic mass is 10.1. The molecular weight excluding hydrogens is 422 g/mol. The molecule has 0 bridgehead atoms. The quantitative estimate of drug-likeness (QED) is 0.458. The van der Waals surface area contributed by atoms with E-state index in [1.54, 1.807) is 20.4 Å². The molecular formula is C24H31N5O4. The Morgan fingerprint density at radius 1 is 0.970 bits per heavy atom. The first-order valence-electron chi connectivity index (χ1n) is 11.3. The third-order valence-electron chi connectivity index (χ3n) is 5.99. The third-order valence-corrected chi connectivity index (χ3v) is 5.99. The number of hydrogen-bond acceptors (Lipinski definition) is 6. The van der Waals surface area contributed by atoms with Gasteiger partial charge < -0.3 is 18.9 Å². The molecule has 9 nitrogen and oxygen atoms in total. The lowest BCUT2D eigenvalue weighted by Crippen LogP contribution is -2.49. The fourth-order valence-electron chi connectivity index (χ4n) is 4.15. The molecule has 0 aliphatic carbocycles. The van der Waals surface area contributed by atoms with E-state index in [2.05, 4.69) is 10.00 Å². The number of nitrogens with zero attached hydrogens (tertiary/aromatic N) is 5. The Morgan fingerprint density at radius 3 is 2.39 bits per heavy atom. The largest absolute Gasteiger partial charge is 0.385 e. The van der Waals surface area contributed by atoms with Crippen molar-refractivity contribution in [2.45, 2.75) is 13.0 Å². The Hall–Kier alpha value is -3.01. The molecule has 0 aromatic heterocycles. The SMILES string of the molecule is COCCCn1cc(C(=O)N2CCN(CCOC)CC2)c2nn(-c3ccccc3)c(=O)c-2c1. The summed E-state index contributed by atoms with van der Waals surface area (Å²) in [4.78, 5) is 30.9. The zero-order valence-corrected chi connectivity index (χ0v) is 19.3. The molecule has 33 heavy (non-hydrogen) atoms. The van der Waals surface area contributed by atoms with Crippen molar-refractivity contribution in [2.75, 3.05) is 60.2 Å². The monoisotopic (exact) mass is 453 g/mol. The van der Waals surface area contributed by atoms with Crippen LogP contribution in [0.1, 0.15) is 16.8 Å². The Labute approximate surface area is 193 Å². The number of rotatable bonds is 9. The number of aryl methyl sites for hydroxylation is 1. The van der Waals surface area contributed by atoms with Gasteiger partial charge in [-0.1, -0.05) is 18.2 Å². The summed E-state index contributed by atoms with van der Waals surface area (Å²) in [6, 6.07) is 9.28. The van der Waals surface area contributed by atoms with E-state index in [4.69, 9.17) is 9.47 Å². The second-order valence-corrected chi connectivity index (χ2v) is 8.20. The number of para-hydroxylation sites is 1. The van der Waals surface area contributed by atoms with E-state index >= 15 is 0 Å². The van der Waals surface area contributed by atoms with E-state index in [-0.39, 0.29) is 11.5 Å². The van der Waals surface area contributed by atoms with E-state index in [0.717, 1.165) is 26.1 Å². The van der Waals surface area contributed by atoms with Crippen LogP contribution >= 0.6 is 0 Å².